The maximum Gasteiger partial charge on any atom is 0.454 e. The van der Waals surface area contributed by atoms with E-state index >= 15 is 0 Å². The summed E-state index contributed by atoms with van der Waals surface area (Å²) in [6.45, 7) is 0. The molecule has 0 atom stereocenters. The van der Waals surface area contributed by atoms with Gasteiger partial charge in [0.05, 0.1) is 0 Å². The van der Waals surface area contributed by atoms with Gasteiger partial charge < -0.3 is 0 Å². The van der Waals surface area contributed by atoms with Crippen LogP contribution in [0.1, 0.15) is 10.4 Å². The first-order valence-corrected chi connectivity index (χ1v) is 3.93. The lowest BCUT2D eigenvalue weighted by Gasteiger charge is -2.04. The summed E-state index contributed by atoms with van der Waals surface area (Å²) >= 11 is 2.87. The van der Waals surface area contributed by atoms with Gasteiger partial charge in [-0.05, 0) is 28.1 Å². The fourth-order valence-electron chi connectivity index (χ4n) is 0.707. The summed E-state index contributed by atoms with van der Waals surface area (Å²) < 4.78 is 35.8. The predicted molar refractivity (Wildman–Crippen MR) is 42.3 cm³/mol. The molecule has 0 aliphatic carbocycles. The second kappa shape index (κ2) is 3.45. The quantitative estimate of drug-likeness (QED) is 0.569. The van der Waals surface area contributed by atoms with Gasteiger partial charge in [0, 0.05) is 11.8 Å². The maximum atomic E-state index is 11.9. The van der Waals surface area contributed by atoms with Crippen LogP contribution in [0.3, 0.4) is 0 Å². The van der Waals surface area contributed by atoms with Crippen LogP contribution < -0.4 is 0 Å². The number of rotatable bonds is 1. The van der Waals surface area contributed by atoms with E-state index in [0.29, 0.717) is 0 Å². The van der Waals surface area contributed by atoms with E-state index in [1.807, 2.05) is 0 Å². The van der Waals surface area contributed by atoms with Crippen molar-refractivity contribution in [2.24, 2.45) is 0 Å². The zero-order chi connectivity index (χ0) is 10.1. The number of aromatic nitrogens is 1. The van der Waals surface area contributed by atoms with Crippen molar-refractivity contribution in [2.75, 3.05) is 0 Å². The van der Waals surface area contributed by atoms with E-state index < -0.39 is 17.5 Å². The molecule has 0 N–H and O–H groups in total. The fourth-order valence-corrected chi connectivity index (χ4v) is 1.07. The number of pyridine rings is 1. The molecule has 1 aromatic heterocycles. The van der Waals surface area contributed by atoms with Gasteiger partial charge in [-0.25, -0.2) is 4.98 Å². The number of halogens is 4. The molecule has 0 aliphatic rings. The smallest absolute Gasteiger partial charge is 0.284 e. The first-order chi connectivity index (χ1) is 5.91. The Morgan fingerprint density at radius 1 is 1.46 bits per heavy atom. The molecule has 1 aromatic rings. The number of carbonyl (C=O) groups excluding carboxylic acids is 1. The van der Waals surface area contributed by atoms with Crippen LogP contribution in [0.25, 0.3) is 0 Å². The van der Waals surface area contributed by atoms with Gasteiger partial charge in [-0.1, -0.05) is 0 Å². The van der Waals surface area contributed by atoms with Gasteiger partial charge in [-0.3, -0.25) is 4.79 Å². The van der Waals surface area contributed by atoms with Gasteiger partial charge in [0.15, 0.2) is 0 Å². The monoisotopic (exact) mass is 253 g/mol. The van der Waals surface area contributed by atoms with E-state index in [4.69, 9.17) is 0 Å². The number of carbonyl (C=O) groups is 1. The third-order valence-electron chi connectivity index (χ3n) is 1.25. The highest BCUT2D eigenvalue weighted by molar-refractivity contribution is 9.10. The fraction of sp³-hybridized carbons (Fsp3) is 0.143. The Morgan fingerprint density at radius 3 is 2.54 bits per heavy atom. The average Bonchev–Trinajstić information content (AvgIpc) is 2.01. The number of ketones is 1. The van der Waals surface area contributed by atoms with Crippen LogP contribution in [-0.4, -0.2) is 16.9 Å². The zero-order valence-corrected chi connectivity index (χ0v) is 7.69. The molecule has 0 fully saturated rings. The Balaban J connectivity index is 3.03. The molecular weight excluding hydrogens is 251 g/mol. The minimum absolute atomic E-state index is 0.197. The molecule has 0 spiro atoms. The molecule has 0 bridgehead atoms. The molecule has 1 rings (SSSR count). The topological polar surface area (TPSA) is 30.0 Å². The van der Waals surface area contributed by atoms with E-state index in [2.05, 4.69) is 20.9 Å². The minimum atomic E-state index is -4.83. The third-order valence-corrected chi connectivity index (χ3v) is 1.68. The Hall–Kier alpha value is -0.910. The van der Waals surface area contributed by atoms with Crippen molar-refractivity contribution in [2.45, 2.75) is 6.18 Å². The van der Waals surface area contributed by atoms with Gasteiger partial charge >= 0.3 is 6.18 Å². The number of hydrogen-bond acceptors (Lipinski definition) is 2. The Bertz CT molecular complexity index is 337. The summed E-state index contributed by atoms with van der Waals surface area (Å²) in [5, 5.41) is 0. The molecule has 2 nitrogen and oxygen atoms in total. The third kappa shape index (κ3) is 2.51. The SMILES string of the molecule is O=C(c1ccnc(Br)c1)C(F)(F)F. The highest BCUT2D eigenvalue weighted by atomic mass is 79.9. The molecule has 0 radical (unpaired) electrons. The van der Waals surface area contributed by atoms with Crippen LogP contribution in [0, 0.1) is 0 Å². The van der Waals surface area contributed by atoms with Crippen molar-refractivity contribution in [3.63, 3.8) is 0 Å². The van der Waals surface area contributed by atoms with Gasteiger partial charge in [0.25, 0.3) is 5.78 Å². The van der Waals surface area contributed by atoms with Crippen LogP contribution in [0.2, 0.25) is 0 Å². The summed E-state index contributed by atoms with van der Waals surface area (Å²) in [4.78, 5) is 14.2. The highest BCUT2D eigenvalue weighted by Gasteiger charge is 2.39. The van der Waals surface area contributed by atoms with Crippen molar-refractivity contribution >= 4 is 21.7 Å². The van der Waals surface area contributed by atoms with E-state index in [1.165, 1.54) is 0 Å². The first kappa shape index (κ1) is 10.2. The molecule has 0 saturated carbocycles. The molecule has 0 saturated heterocycles. The van der Waals surface area contributed by atoms with Crippen LogP contribution in [-0.2, 0) is 0 Å². The Kier molecular flexibility index (Phi) is 2.70. The molecule has 13 heavy (non-hydrogen) atoms. The maximum absolute atomic E-state index is 11.9. The second-order valence-corrected chi connectivity index (χ2v) is 3.01. The summed E-state index contributed by atoms with van der Waals surface area (Å²) in [6, 6.07) is 2.04. The first-order valence-electron chi connectivity index (χ1n) is 3.14. The van der Waals surface area contributed by atoms with Crippen LogP contribution >= 0.6 is 15.9 Å². The average molecular weight is 254 g/mol. The van der Waals surface area contributed by atoms with Gasteiger partial charge in [0.1, 0.15) is 4.60 Å². The summed E-state index contributed by atoms with van der Waals surface area (Å²) in [7, 11) is 0. The predicted octanol–water partition coefficient (Wildman–Crippen LogP) is 2.59. The zero-order valence-electron chi connectivity index (χ0n) is 6.10. The highest BCUT2D eigenvalue weighted by Crippen LogP contribution is 2.22. The molecule has 6 heteroatoms. The molecule has 0 unspecified atom stereocenters. The van der Waals surface area contributed by atoms with Gasteiger partial charge in [0.2, 0.25) is 0 Å². The molecular formula is C7H3BrF3NO. The van der Waals surface area contributed by atoms with E-state index in [-0.39, 0.29) is 4.60 Å². The van der Waals surface area contributed by atoms with Crippen molar-refractivity contribution in [1.29, 1.82) is 0 Å². The Labute approximate surface area is 79.9 Å². The summed E-state index contributed by atoms with van der Waals surface area (Å²) in [5.74, 6) is -1.87. The van der Waals surface area contributed by atoms with Crippen LogP contribution in [0.5, 0.6) is 0 Å². The lowest BCUT2D eigenvalue weighted by Crippen LogP contribution is -2.22. The summed E-state index contributed by atoms with van der Waals surface area (Å²) in [5.41, 5.74) is -0.422. The molecule has 70 valence electrons. The normalized spacial score (nSPS) is 11.4. The van der Waals surface area contributed by atoms with Crippen LogP contribution in [0.4, 0.5) is 13.2 Å². The minimum Gasteiger partial charge on any atom is -0.284 e. The van der Waals surface area contributed by atoms with Crippen molar-refractivity contribution in [3.05, 3.63) is 28.5 Å². The van der Waals surface area contributed by atoms with E-state index in [0.717, 1.165) is 18.3 Å². The second-order valence-electron chi connectivity index (χ2n) is 2.19. The van der Waals surface area contributed by atoms with Crippen molar-refractivity contribution in [1.82, 2.24) is 4.98 Å². The molecule has 1 heterocycles. The Morgan fingerprint density at radius 2 is 2.08 bits per heavy atom. The standard InChI is InChI=1S/C7H3BrF3NO/c8-5-3-4(1-2-12-5)6(13)7(9,10)11/h1-3H. The number of hydrogen-bond donors (Lipinski definition) is 0. The molecule has 0 amide bonds. The van der Waals surface area contributed by atoms with Crippen LogP contribution in [0.15, 0.2) is 22.9 Å². The van der Waals surface area contributed by atoms with E-state index in [9.17, 15) is 18.0 Å². The number of alkyl halides is 3. The number of Topliss-reactive ketones (excluding diaryl/α,β-unsaturated/α-hetero) is 1. The number of nitrogens with zero attached hydrogens (tertiary/aromatic N) is 1. The summed E-state index contributed by atoms with van der Waals surface area (Å²) in [6.07, 6.45) is -3.70. The lowest BCUT2D eigenvalue weighted by atomic mass is 10.2. The molecule has 0 aromatic carbocycles. The molecule has 0 aliphatic heterocycles. The lowest BCUT2D eigenvalue weighted by molar-refractivity contribution is -0.0885. The van der Waals surface area contributed by atoms with Crippen molar-refractivity contribution < 1.29 is 18.0 Å². The largest absolute Gasteiger partial charge is 0.454 e. The van der Waals surface area contributed by atoms with Gasteiger partial charge in [-0.2, -0.15) is 13.2 Å². The van der Waals surface area contributed by atoms with Gasteiger partial charge in [-0.15, -0.1) is 0 Å². The van der Waals surface area contributed by atoms with Crippen molar-refractivity contribution in [3.8, 4) is 0 Å². The van der Waals surface area contributed by atoms with E-state index in [1.54, 1.807) is 0 Å².